The maximum Gasteiger partial charge on any atom is 0.335 e. The first-order valence-electron chi connectivity index (χ1n) is 11.0. The van der Waals surface area contributed by atoms with Crippen molar-refractivity contribution in [3.05, 3.63) is 106 Å². The van der Waals surface area contributed by atoms with Gasteiger partial charge in [0.1, 0.15) is 17.6 Å². The molecule has 1 aliphatic rings. The number of nitrogens with zero attached hydrogens (tertiary/aromatic N) is 2. The van der Waals surface area contributed by atoms with Crippen LogP contribution in [0.2, 0.25) is 5.02 Å². The number of pyridine rings is 1. The summed E-state index contributed by atoms with van der Waals surface area (Å²) >= 11 is 12.2. The van der Waals surface area contributed by atoms with Gasteiger partial charge in [-0.15, -0.1) is 0 Å². The second kappa shape index (κ2) is 9.17. The number of nitrogens with one attached hydrogen (secondary N) is 1. The number of aromatic carboxylic acids is 1. The molecule has 8 heteroatoms. The van der Waals surface area contributed by atoms with Crippen molar-refractivity contribution in [1.29, 1.82) is 0 Å². The van der Waals surface area contributed by atoms with Gasteiger partial charge in [0, 0.05) is 17.4 Å². The zero-order chi connectivity index (χ0) is 24.7. The van der Waals surface area contributed by atoms with Crippen LogP contribution in [0.25, 0.3) is 11.3 Å². The second-order valence-electron chi connectivity index (χ2n) is 8.54. The van der Waals surface area contributed by atoms with Gasteiger partial charge >= 0.3 is 5.97 Å². The maximum atomic E-state index is 11.5. The third-order valence-corrected chi connectivity index (χ3v) is 6.62. The van der Waals surface area contributed by atoms with Gasteiger partial charge in [-0.05, 0) is 91.8 Å². The van der Waals surface area contributed by atoms with Crippen LogP contribution in [0.3, 0.4) is 0 Å². The van der Waals surface area contributed by atoms with Crippen molar-refractivity contribution in [2.45, 2.75) is 25.9 Å². The van der Waals surface area contributed by atoms with Crippen molar-refractivity contribution in [1.82, 2.24) is 10.3 Å². The van der Waals surface area contributed by atoms with Crippen molar-refractivity contribution in [3.63, 3.8) is 0 Å². The third-order valence-electron chi connectivity index (χ3n) is 5.98. The van der Waals surface area contributed by atoms with Crippen LogP contribution in [0.4, 0.5) is 5.69 Å². The monoisotopic (exact) mass is 503 g/mol. The first-order chi connectivity index (χ1) is 16.8. The Kier molecular flexibility index (Phi) is 6.05. The molecule has 2 aromatic heterocycles. The molecule has 35 heavy (non-hydrogen) atoms. The molecule has 0 bridgehead atoms. The zero-order valence-corrected chi connectivity index (χ0v) is 20.6. The molecule has 0 amide bonds. The quantitative estimate of drug-likeness (QED) is 0.301. The van der Waals surface area contributed by atoms with Crippen LogP contribution in [-0.2, 0) is 0 Å². The molecule has 0 saturated carbocycles. The molecule has 4 aromatic rings. The van der Waals surface area contributed by atoms with Gasteiger partial charge in [0.2, 0.25) is 0 Å². The molecule has 0 spiro atoms. The highest BCUT2D eigenvalue weighted by Gasteiger charge is 2.42. The minimum Gasteiger partial charge on any atom is -0.478 e. The Morgan fingerprint density at radius 2 is 1.86 bits per heavy atom. The number of halogens is 1. The average molecular weight is 504 g/mol. The van der Waals surface area contributed by atoms with E-state index in [9.17, 15) is 9.90 Å². The summed E-state index contributed by atoms with van der Waals surface area (Å²) in [6.07, 6.45) is 1.75. The van der Waals surface area contributed by atoms with Crippen molar-refractivity contribution in [2.24, 2.45) is 0 Å². The van der Waals surface area contributed by atoms with E-state index in [1.54, 1.807) is 18.3 Å². The van der Waals surface area contributed by atoms with Gasteiger partial charge in [-0.1, -0.05) is 23.7 Å². The number of thiocarbonyl (C=S) groups is 1. The number of carbonyl (C=O) groups is 1. The minimum absolute atomic E-state index is 0.134. The first kappa shape index (κ1) is 23.1. The van der Waals surface area contributed by atoms with E-state index in [0.717, 1.165) is 22.5 Å². The normalized spacial score (nSPS) is 17.5. The summed E-state index contributed by atoms with van der Waals surface area (Å²) in [6, 6.07) is 19.7. The number of anilines is 1. The van der Waals surface area contributed by atoms with E-state index >= 15 is 0 Å². The second-order valence-corrected chi connectivity index (χ2v) is 9.34. The summed E-state index contributed by atoms with van der Waals surface area (Å²) in [6.45, 7) is 4.10. The van der Waals surface area contributed by atoms with Crippen molar-refractivity contribution < 1.29 is 14.3 Å². The molecule has 6 nitrogen and oxygen atoms in total. The molecule has 1 saturated heterocycles. The molecular formula is C27H22ClN3O3S. The molecule has 0 radical (unpaired) electrons. The smallest absolute Gasteiger partial charge is 0.335 e. The Hall–Kier alpha value is -3.68. The van der Waals surface area contributed by atoms with E-state index in [-0.39, 0.29) is 17.6 Å². The molecule has 3 heterocycles. The number of furan rings is 1. The van der Waals surface area contributed by atoms with Gasteiger partial charge in [0.25, 0.3) is 0 Å². The van der Waals surface area contributed by atoms with Gasteiger partial charge in [0.05, 0.1) is 22.3 Å². The number of hydrogen-bond donors (Lipinski definition) is 2. The molecule has 0 aliphatic carbocycles. The fraction of sp³-hybridized carbons (Fsp3) is 0.148. The highest BCUT2D eigenvalue weighted by molar-refractivity contribution is 7.80. The van der Waals surface area contributed by atoms with Gasteiger partial charge in [0.15, 0.2) is 5.11 Å². The van der Waals surface area contributed by atoms with Crippen LogP contribution in [0, 0.1) is 13.8 Å². The lowest BCUT2D eigenvalue weighted by Crippen LogP contribution is -2.29. The molecule has 2 aromatic carbocycles. The predicted octanol–water partition coefficient (Wildman–Crippen LogP) is 6.49. The Bertz CT molecular complexity index is 1420. The lowest BCUT2D eigenvalue weighted by molar-refractivity contribution is 0.0697. The van der Waals surface area contributed by atoms with Crippen LogP contribution in [0.5, 0.6) is 0 Å². The summed E-state index contributed by atoms with van der Waals surface area (Å²) < 4.78 is 6.34. The number of aryl methyl sites for hydroxylation is 2. The van der Waals surface area contributed by atoms with E-state index in [0.29, 0.717) is 27.2 Å². The van der Waals surface area contributed by atoms with E-state index in [1.165, 1.54) is 12.1 Å². The van der Waals surface area contributed by atoms with Crippen molar-refractivity contribution in [2.75, 3.05) is 4.90 Å². The van der Waals surface area contributed by atoms with Crippen LogP contribution >= 0.6 is 23.8 Å². The Labute approximate surface area is 213 Å². The number of carboxylic acid groups (broad SMARTS) is 1. The number of carboxylic acids is 1. The van der Waals surface area contributed by atoms with Gasteiger partial charge in [-0.25, -0.2) is 4.79 Å². The van der Waals surface area contributed by atoms with Crippen LogP contribution in [0.1, 0.15) is 45.0 Å². The zero-order valence-electron chi connectivity index (χ0n) is 19.0. The molecule has 2 atom stereocenters. The van der Waals surface area contributed by atoms with Crippen molar-refractivity contribution in [3.8, 4) is 11.3 Å². The lowest BCUT2D eigenvalue weighted by atomic mass is 10.0. The van der Waals surface area contributed by atoms with Gasteiger partial charge < -0.3 is 19.7 Å². The van der Waals surface area contributed by atoms with Crippen LogP contribution in [-0.4, -0.2) is 21.2 Å². The molecule has 2 N–H and O–H groups in total. The predicted molar refractivity (Wildman–Crippen MR) is 140 cm³/mol. The van der Waals surface area contributed by atoms with Crippen molar-refractivity contribution >= 4 is 40.6 Å². The molecule has 1 aliphatic heterocycles. The summed E-state index contributed by atoms with van der Waals surface area (Å²) in [5, 5.41) is 13.8. The highest BCUT2D eigenvalue weighted by Crippen LogP contribution is 2.43. The fourth-order valence-corrected chi connectivity index (χ4v) is 5.07. The molecule has 176 valence electrons. The summed E-state index contributed by atoms with van der Waals surface area (Å²) in [5.74, 6) is 0.0984. The first-order valence-corrected chi connectivity index (χ1v) is 11.8. The van der Waals surface area contributed by atoms with E-state index in [4.69, 9.17) is 28.2 Å². The number of benzene rings is 2. The summed E-state index contributed by atoms with van der Waals surface area (Å²) in [4.78, 5) is 18.1. The lowest BCUT2D eigenvalue weighted by Gasteiger charge is -2.26. The van der Waals surface area contributed by atoms with Gasteiger partial charge in [-0.2, -0.15) is 0 Å². The minimum atomic E-state index is -1.03. The summed E-state index contributed by atoms with van der Waals surface area (Å²) in [5.41, 5.74) is 4.68. The third kappa shape index (κ3) is 4.40. The Morgan fingerprint density at radius 3 is 2.54 bits per heavy atom. The molecule has 1 fully saturated rings. The fourth-order valence-electron chi connectivity index (χ4n) is 4.52. The average Bonchev–Trinajstić information content (AvgIpc) is 3.43. The van der Waals surface area contributed by atoms with Gasteiger partial charge in [-0.3, -0.25) is 4.98 Å². The SMILES string of the molecule is Cc1cc(C)cc(N2C(=S)NC(c3ccccn3)C2c2ccc(-c3cc(C(=O)O)ccc3Cl)o2)c1. The van der Waals surface area contributed by atoms with E-state index < -0.39 is 5.97 Å². The maximum absolute atomic E-state index is 11.5. The Balaban J connectivity index is 1.63. The Morgan fingerprint density at radius 1 is 1.09 bits per heavy atom. The standard InChI is InChI=1S/C27H22ClN3O3S/c1-15-11-16(2)13-18(12-15)31-25(24(30-27(31)35)21-5-3-4-10-29-21)23-9-8-22(34-23)19-14-17(26(32)33)6-7-20(19)28/h3-14,24-25H,1-2H3,(H,30,35)(H,32,33). The highest BCUT2D eigenvalue weighted by atomic mass is 35.5. The number of rotatable bonds is 5. The topological polar surface area (TPSA) is 78.6 Å². The van der Waals surface area contributed by atoms with E-state index in [1.807, 2.05) is 29.2 Å². The summed E-state index contributed by atoms with van der Waals surface area (Å²) in [7, 11) is 0. The van der Waals surface area contributed by atoms with E-state index in [2.05, 4.69) is 42.3 Å². The van der Waals surface area contributed by atoms with Crippen LogP contribution in [0.15, 0.2) is 77.3 Å². The number of aromatic nitrogens is 1. The van der Waals surface area contributed by atoms with Crippen LogP contribution < -0.4 is 10.2 Å². The molecule has 2 unspecified atom stereocenters. The number of hydrogen-bond acceptors (Lipinski definition) is 4. The molecular weight excluding hydrogens is 482 g/mol. The molecule has 5 rings (SSSR count). The largest absolute Gasteiger partial charge is 0.478 e.